The summed E-state index contributed by atoms with van der Waals surface area (Å²) in [5.41, 5.74) is 5.44. The van der Waals surface area contributed by atoms with Crippen LogP contribution in [0.15, 0.2) is 36.7 Å². The number of nitrogens with two attached hydrogens (primary N) is 1. The number of nitrogens with one attached hydrogen (secondary N) is 1. The number of fused-ring (bicyclic) bond motifs is 1. The number of rotatable bonds is 5. The summed E-state index contributed by atoms with van der Waals surface area (Å²) in [4.78, 5) is 0. The van der Waals surface area contributed by atoms with Gasteiger partial charge >= 0.3 is 0 Å². The van der Waals surface area contributed by atoms with E-state index in [1.165, 1.54) is 11.1 Å². The summed E-state index contributed by atoms with van der Waals surface area (Å²) in [5.74, 6) is 7.05. The Morgan fingerprint density at radius 3 is 3.10 bits per heavy atom. The topological polar surface area (TPSA) is 65.1 Å². The highest BCUT2D eigenvalue weighted by molar-refractivity contribution is 5.40. The van der Waals surface area contributed by atoms with E-state index in [0.29, 0.717) is 12.5 Å². The van der Waals surface area contributed by atoms with E-state index in [2.05, 4.69) is 22.7 Å². The molecule has 0 spiro atoms. The van der Waals surface area contributed by atoms with Gasteiger partial charge in [0.15, 0.2) is 0 Å². The number of aromatic nitrogens is 2. The number of hydrogen-bond donors (Lipinski definition) is 2. The van der Waals surface area contributed by atoms with Crippen molar-refractivity contribution in [1.29, 1.82) is 0 Å². The van der Waals surface area contributed by atoms with Gasteiger partial charge in [0.2, 0.25) is 0 Å². The molecule has 0 fully saturated rings. The van der Waals surface area contributed by atoms with Crippen LogP contribution in [0.1, 0.15) is 23.5 Å². The maximum absolute atomic E-state index is 5.75. The van der Waals surface area contributed by atoms with E-state index < -0.39 is 0 Å². The van der Waals surface area contributed by atoms with E-state index in [9.17, 15) is 0 Å². The summed E-state index contributed by atoms with van der Waals surface area (Å²) in [7, 11) is 1.93. The Hall–Kier alpha value is -1.85. The first-order valence-corrected chi connectivity index (χ1v) is 6.93. The first kappa shape index (κ1) is 13.1. The molecule has 0 radical (unpaired) electrons. The molecule has 5 heteroatoms. The number of para-hydroxylation sites is 1. The lowest BCUT2D eigenvalue weighted by atomic mass is 9.90. The van der Waals surface area contributed by atoms with Crippen LogP contribution in [0.25, 0.3) is 0 Å². The van der Waals surface area contributed by atoms with Crippen LogP contribution in [-0.4, -0.2) is 22.4 Å². The van der Waals surface area contributed by atoms with E-state index in [1.54, 1.807) is 0 Å². The van der Waals surface area contributed by atoms with Crippen molar-refractivity contribution in [2.24, 2.45) is 12.9 Å². The maximum Gasteiger partial charge on any atom is 0.122 e. The van der Waals surface area contributed by atoms with Crippen LogP contribution in [-0.2, 0) is 13.5 Å². The quantitative estimate of drug-likeness (QED) is 0.637. The molecule has 0 saturated carbocycles. The van der Waals surface area contributed by atoms with Crippen LogP contribution in [0.4, 0.5) is 0 Å². The smallest absolute Gasteiger partial charge is 0.122 e. The second kappa shape index (κ2) is 5.64. The molecule has 20 heavy (non-hydrogen) atoms. The minimum Gasteiger partial charge on any atom is -0.493 e. The molecule has 2 aromatic rings. The van der Waals surface area contributed by atoms with E-state index in [1.807, 2.05) is 36.3 Å². The lowest BCUT2D eigenvalue weighted by molar-refractivity contribution is 0.292. The minimum atomic E-state index is 0.207. The SMILES string of the molecule is Cn1cc(CCC(NN)C2COc3ccccc32)cn1. The fourth-order valence-electron chi connectivity index (χ4n) is 2.84. The van der Waals surface area contributed by atoms with Crippen LogP contribution >= 0.6 is 0 Å². The minimum absolute atomic E-state index is 0.207. The number of benzene rings is 1. The van der Waals surface area contributed by atoms with Crippen molar-refractivity contribution in [3.8, 4) is 5.75 Å². The first-order chi connectivity index (χ1) is 9.78. The van der Waals surface area contributed by atoms with Crippen molar-refractivity contribution in [3.05, 3.63) is 47.8 Å². The number of hydrazine groups is 1. The molecule has 1 aliphatic heterocycles. The van der Waals surface area contributed by atoms with Gasteiger partial charge in [0.1, 0.15) is 5.75 Å². The molecule has 0 amide bonds. The molecule has 0 saturated heterocycles. The van der Waals surface area contributed by atoms with Gasteiger partial charge in [-0.2, -0.15) is 5.10 Å². The zero-order valence-corrected chi connectivity index (χ0v) is 11.6. The van der Waals surface area contributed by atoms with Gasteiger partial charge in [0.05, 0.1) is 12.8 Å². The van der Waals surface area contributed by atoms with Gasteiger partial charge in [-0.15, -0.1) is 0 Å². The monoisotopic (exact) mass is 272 g/mol. The van der Waals surface area contributed by atoms with Crippen molar-refractivity contribution in [1.82, 2.24) is 15.2 Å². The van der Waals surface area contributed by atoms with E-state index in [4.69, 9.17) is 10.6 Å². The summed E-state index contributed by atoms with van der Waals surface area (Å²) >= 11 is 0. The Morgan fingerprint density at radius 2 is 2.35 bits per heavy atom. The van der Waals surface area contributed by atoms with Gasteiger partial charge in [-0.25, -0.2) is 0 Å². The van der Waals surface area contributed by atoms with Crippen molar-refractivity contribution in [2.45, 2.75) is 24.8 Å². The normalized spacial score (nSPS) is 18.6. The molecule has 1 aromatic carbocycles. The zero-order chi connectivity index (χ0) is 13.9. The average Bonchev–Trinajstić information content (AvgIpc) is 3.07. The second-order valence-corrected chi connectivity index (χ2v) is 5.29. The highest BCUT2D eigenvalue weighted by Crippen LogP contribution is 2.36. The van der Waals surface area contributed by atoms with Gasteiger partial charge in [0, 0.05) is 30.8 Å². The molecule has 1 aromatic heterocycles. The Labute approximate surface area is 118 Å². The van der Waals surface area contributed by atoms with Gasteiger partial charge in [0.25, 0.3) is 0 Å². The third kappa shape index (κ3) is 2.55. The summed E-state index contributed by atoms with van der Waals surface area (Å²) in [6.07, 6.45) is 5.88. The highest BCUT2D eigenvalue weighted by atomic mass is 16.5. The molecule has 3 rings (SSSR count). The van der Waals surface area contributed by atoms with Gasteiger partial charge in [-0.05, 0) is 24.5 Å². The Morgan fingerprint density at radius 1 is 1.50 bits per heavy atom. The van der Waals surface area contributed by atoms with Crippen molar-refractivity contribution >= 4 is 0 Å². The highest BCUT2D eigenvalue weighted by Gasteiger charge is 2.30. The fourth-order valence-corrected chi connectivity index (χ4v) is 2.84. The van der Waals surface area contributed by atoms with Gasteiger partial charge in [-0.3, -0.25) is 16.0 Å². The summed E-state index contributed by atoms with van der Waals surface area (Å²) in [6.45, 7) is 0.696. The second-order valence-electron chi connectivity index (χ2n) is 5.29. The summed E-state index contributed by atoms with van der Waals surface area (Å²) < 4.78 is 7.57. The zero-order valence-electron chi connectivity index (χ0n) is 11.6. The number of hydrogen-bond acceptors (Lipinski definition) is 4. The molecule has 3 N–H and O–H groups in total. The van der Waals surface area contributed by atoms with Gasteiger partial charge < -0.3 is 4.74 Å². The van der Waals surface area contributed by atoms with Crippen molar-refractivity contribution in [3.63, 3.8) is 0 Å². The third-order valence-electron chi connectivity index (χ3n) is 3.94. The molecule has 0 bridgehead atoms. The lowest BCUT2D eigenvalue weighted by Crippen LogP contribution is -2.40. The standard InChI is InChI=1S/C15H20N4O/c1-19-9-11(8-17-19)6-7-14(18-16)13-10-20-15-5-3-2-4-12(13)15/h2-5,8-9,13-14,18H,6-7,10,16H2,1H3. The van der Waals surface area contributed by atoms with Crippen LogP contribution in [0.2, 0.25) is 0 Å². The predicted octanol–water partition coefficient (Wildman–Crippen LogP) is 1.36. The molecule has 2 unspecified atom stereocenters. The molecule has 2 atom stereocenters. The van der Waals surface area contributed by atoms with E-state index in [-0.39, 0.29) is 6.04 Å². The number of nitrogens with zero attached hydrogens (tertiary/aromatic N) is 2. The first-order valence-electron chi connectivity index (χ1n) is 6.93. The fraction of sp³-hybridized carbons (Fsp3) is 0.400. The molecule has 0 aliphatic carbocycles. The molecule has 106 valence electrons. The van der Waals surface area contributed by atoms with Crippen molar-refractivity contribution in [2.75, 3.05) is 6.61 Å². The van der Waals surface area contributed by atoms with Crippen LogP contribution < -0.4 is 16.0 Å². The Kier molecular flexibility index (Phi) is 3.71. The molecular weight excluding hydrogens is 252 g/mol. The molecule has 2 heterocycles. The average molecular weight is 272 g/mol. The molecule has 1 aliphatic rings. The largest absolute Gasteiger partial charge is 0.493 e. The Bertz CT molecular complexity index is 581. The van der Waals surface area contributed by atoms with Crippen molar-refractivity contribution < 1.29 is 4.74 Å². The molecule has 5 nitrogen and oxygen atoms in total. The molecular formula is C15H20N4O. The predicted molar refractivity (Wildman–Crippen MR) is 77.3 cm³/mol. The number of ether oxygens (including phenoxy) is 1. The van der Waals surface area contributed by atoms with E-state index in [0.717, 1.165) is 18.6 Å². The van der Waals surface area contributed by atoms with Crippen LogP contribution in [0.3, 0.4) is 0 Å². The number of aryl methyl sites for hydroxylation is 2. The van der Waals surface area contributed by atoms with Gasteiger partial charge in [-0.1, -0.05) is 18.2 Å². The third-order valence-corrected chi connectivity index (χ3v) is 3.94. The van der Waals surface area contributed by atoms with Crippen LogP contribution in [0, 0.1) is 0 Å². The Balaban J connectivity index is 1.68. The lowest BCUT2D eigenvalue weighted by Gasteiger charge is -2.21. The maximum atomic E-state index is 5.75. The van der Waals surface area contributed by atoms with E-state index >= 15 is 0 Å². The van der Waals surface area contributed by atoms with Crippen LogP contribution in [0.5, 0.6) is 5.75 Å². The summed E-state index contributed by atoms with van der Waals surface area (Å²) in [6, 6.07) is 8.40. The summed E-state index contributed by atoms with van der Waals surface area (Å²) in [5, 5.41) is 4.19.